The lowest BCUT2D eigenvalue weighted by molar-refractivity contribution is 0.0915. The van der Waals surface area contributed by atoms with Gasteiger partial charge in [-0.05, 0) is 87.6 Å². The summed E-state index contributed by atoms with van der Waals surface area (Å²) in [5, 5.41) is 3.28. The average molecular weight is 551 g/mol. The molecule has 1 saturated carbocycles. The molecule has 1 saturated heterocycles. The Labute approximate surface area is 228 Å². The Morgan fingerprint density at radius 3 is 2.49 bits per heavy atom. The number of nitrogens with one attached hydrogen (secondary N) is 1. The fourth-order valence-electron chi connectivity index (χ4n) is 6.07. The molecule has 0 unspecified atom stereocenters. The van der Waals surface area contributed by atoms with Crippen molar-refractivity contribution in [2.75, 3.05) is 11.5 Å². The highest BCUT2D eigenvalue weighted by molar-refractivity contribution is 7.99. The Morgan fingerprint density at radius 1 is 1.03 bits per heavy atom. The number of fused-ring (bicyclic) bond motifs is 2. The van der Waals surface area contributed by atoms with Crippen molar-refractivity contribution in [3.8, 4) is 0 Å². The number of aryl methyl sites for hydroxylation is 2. The van der Waals surface area contributed by atoms with Crippen molar-refractivity contribution in [1.82, 2.24) is 28.8 Å². The van der Waals surface area contributed by atoms with Crippen LogP contribution in [-0.2, 0) is 0 Å². The molecule has 1 amide bonds. The number of carbonyl (C=O) groups is 1. The summed E-state index contributed by atoms with van der Waals surface area (Å²) in [6.45, 7) is 3.81. The molecule has 0 atom stereocenters. The van der Waals surface area contributed by atoms with Crippen molar-refractivity contribution in [3.63, 3.8) is 0 Å². The van der Waals surface area contributed by atoms with Crippen molar-refractivity contribution >= 4 is 34.3 Å². The van der Waals surface area contributed by atoms with Crippen LogP contribution in [0.5, 0.6) is 0 Å². The molecule has 2 fully saturated rings. The van der Waals surface area contributed by atoms with Crippen molar-refractivity contribution in [2.24, 2.45) is 0 Å². The summed E-state index contributed by atoms with van der Waals surface area (Å²) in [6.07, 6.45) is 6.89. The van der Waals surface area contributed by atoms with Crippen LogP contribution in [-0.4, -0.2) is 47.0 Å². The van der Waals surface area contributed by atoms with Gasteiger partial charge in [0, 0.05) is 24.3 Å². The molecule has 6 rings (SSSR count). The minimum atomic E-state index is -0.597. The third-order valence-electron chi connectivity index (χ3n) is 8.05. The molecule has 1 N–H and O–H groups in total. The number of carbonyl (C=O) groups excluding carboxylic acids is 1. The van der Waals surface area contributed by atoms with Gasteiger partial charge in [-0.2, -0.15) is 11.8 Å². The monoisotopic (exact) mass is 550 g/mol. The number of rotatable bonds is 4. The van der Waals surface area contributed by atoms with E-state index in [-0.39, 0.29) is 40.8 Å². The fraction of sp³-hybridized carbons (Fsp3) is 0.464. The van der Waals surface area contributed by atoms with E-state index < -0.39 is 11.4 Å². The molecular weight excluding hydrogens is 519 g/mol. The van der Waals surface area contributed by atoms with Crippen LogP contribution in [0.4, 0.5) is 4.39 Å². The van der Waals surface area contributed by atoms with E-state index in [1.807, 2.05) is 43.9 Å². The third-order valence-corrected chi connectivity index (χ3v) is 9.10. The number of imidazole rings is 1. The third kappa shape index (κ3) is 4.66. The number of hydrogen-bond acceptors (Lipinski definition) is 6. The Bertz CT molecular complexity index is 1700. The topological polar surface area (TPSA) is 103 Å². The van der Waals surface area contributed by atoms with Gasteiger partial charge in [0.15, 0.2) is 0 Å². The minimum Gasteiger partial charge on any atom is -0.348 e. The zero-order valence-corrected chi connectivity index (χ0v) is 22.8. The Morgan fingerprint density at radius 2 is 1.74 bits per heavy atom. The second kappa shape index (κ2) is 10.3. The van der Waals surface area contributed by atoms with Gasteiger partial charge >= 0.3 is 5.69 Å². The van der Waals surface area contributed by atoms with Crippen LogP contribution < -0.4 is 16.6 Å². The van der Waals surface area contributed by atoms with Crippen LogP contribution in [0.15, 0.2) is 40.2 Å². The van der Waals surface area contributed by atoms with Crippen LogP contribution in [0.25, 0.3) is 16.7 Å². The first-order chi connectivity index (χ1) is 18.8. The standard InChI is InChI=1S/C28H31FN6O3S/c1-16-7-10-33-23(13-16)31-17(2)24(33)26(36)32-19-3-5-20(6-4-19)35-27(37)22-14-18(29)15-30-25(22)34(28(35)38)21-8-11-39-12-9-21/h7,10,13-15,19-21H,3-6,8-9,11-12H2,1-2H3,(H,32,36)/t19-,20+. The smallest absolute Gasteiger partial charge is 0.333 e. The van der Waals surface area contributed by atoms with E-state index in [4.69, 9.17) is 0 Å². The van der Waals surface area contributed by atoms with Gasteiger partial charge in [-0.25, -0.2) is 19.2 Å². The van der Waals surface area contributed by atoms with E-state index in [0.29, 0.717) is 37.1 Å². The highest BCUT2D eigenvalue weighted by Crippen LogP contribution is 2.30. The molecule has 1 aliphatic carbocycles. The largest absolute Gasteiger partial charge is 0.348 e. The number of thioether (sulfide) groups is 1. The molecule has 1 aliphatic heterocycles. The Balaban J connectivity index is 1.26. The highest BCUT2D eigenvalue weighted by Gasteiger charge is 2.30. The van der Waals surface area contributed by atoms with E-state index in [1.54, 1.807) is 8.97 Å². The van der Waals surface area contributed by atoms with Gasteiger partial charge in [-0.15, -0.1) is 0 Å². The molecule has 0 aromatic carbocycles. The van der Waals surface area contributed by atoms with Gasteiger partial charge in [0.05, 0.1) is 17.3 Å². The van der Waals surface area contributed by atoms with Gasteiger partial charge in [0.2, 0.25) is 0 Å². The van der Waals surface area contributed by atoms with E-state index in [1.165, 1.54) is 10.6 Å². The van der Waals surface area contributed by atoms with Gasteiger partial charge in [0.1, 0.15) is 22.8 Å². The molecule has 0 spiro atoms. The summed E-state index contributed by atoms with van der Waals surface area (Å²) in [7, 11) is 0. The van der Waals surface area contributed by atoms with E-state index in [0.717, 1.165) is 41.8 Å². The lowest BCUT2D eigenvalue weighted by Crippen LogP contribution is -2.46. The number of nitrogens with zero attached hydrogens (tertiary/aromatic N) is 5. The SMILES string of the molecule is Cc1ccn2c(C(=O)N[C@H]3CC[C@@H](n4c(=O)c5cc(F)cnc5n(C5CCSCC5)c4=O)CC3)c(C)nc2c1. The molecular formula is C28H31FN6O3S. The van der Waals surface area contributed by atoms with Crippen LogP contribution in [0, 0.1) is 19.7 Å². The van der Waals surface area contributed by atoms with E-state index in [2.05, 4.69) is 15.3 Å². The van der Waals surface area contributed by atoms with Crippen LogP contribution in [0.3, 0.4) is 0 Å². The predicted molar refractivity (Wildman–Crippen MR) is 149 cm³/mol. The van der Waals surface area contributed by atoms with Gasteiger partial charge in [-0.3, -0.25) is 23.1 Å². The summed E-state index contributed by atoms with van der Waals surface area (Å²) in [5.74, 6) is 1.07. The number of hydrogen-bond donors (Lipinski definition) is 1. The summed E-state index contributed by atoms with van der Waals surface area (Å²) in [4.78, 5) is 49.2. The summed E-state index contributed by atoms with van der Waals surface area (Å²) in [5.41, 5.74) is 2.38. The summed E-state index contributed by atoms with van der Waals surface area (Å²) in [6, 6.07) is 4.60. The van der Waals surface area contributed by atoms with Gasteiger partial charge < -0.3 is 5.32 Å². The Hall–Kier alpha value is -3.47. The van der Waals surface area contributed by atoms with Crippen LogP contribution in [0.1, 0.15) is 72.4 Å². The molecule has 9 nitrogen and oxygen atoms in total. The lowest BCUT2D eigenvalue weighted by Gasteiger charge is -2.31. The van der Waals surface area contributed by atoms with Crippen LogP contribution >= 0.6 is 11.8 Å². The van der Waals surface area contributed by atoms with Gasteiger partial charge in [-0.1, -0.05) is 0 Å². The molecule has 39 heavy (non-hydrogen) atoms. The van der Waals surface area contributed by atoms with E-state index in [9.17, 15) is 18.8 Å². The fourth-order valence-corrected chi connectivity index (χ4v) is 7.15. The molecule has 4 aromatic heterocycles. The predicted octanol–water partition coefficient (Wildman–Crippen LogP) is 3.94. The maximum absolute atomic E-state index is 14.2. The minimum absolute atomic E-state index is 0.0702. The molecule has 5 heterocycles. The van der Waals surface area contributed by atoms with Gasteiger partial charge in [0.25, 0.3) is 11.5 Å². The second-order valence-electron chi connectivity index (χ2n) is 10.7. The zero-order chi connectivity index (χ0) is 27.3. The maximum Gasteiger partial charge on any atom is 0.333 e. The quantitative estimate of drug-likeness (QED) is 0.413. The molecule has 4 aromatic rings. The first-order valence-electron chi connectivity index (χ1n) is 13.5. The van der Waals surface area contributed by atoms with Crippen molar-refractivity contribution in [1.29, 1.82) is 0 Å². The molecule has 204 valence electrons. The van der Waals surface area contributed by atoms with Crippen LogP contribution in [0.2, 0.25) is 0 Å². The van der Waals surface area contributed by atoms with Crippen molar-refractivity contribution in [2.45, 2.75) is 70.5 Å². The molecule has 0 bridgehead atoms. The first kappa shape index (κ1) is 25.8. The van der Waals surface area contributed by atoms with Crippen molar-refractivity contribution < 1.29 is 9.18 Å². The zero-order valence-electron chi connectivity index (χ0n) is 22.0. The molecule has 0 radical (unpaired) electrons. The average Bonchev–Trinajstić information content (AvgIpc) is 3.25. The molecule has 2 aliphatic rings. The van der Waals surface area contributed by atoms with E-state index >= 15 is 0 Å². The highest BCUT2D eigenvalue weighted by atomic mass is 32.2. The summed E-state index contributed by atoms with van der Waals surface area (Å²) >= 11 is 1.84. The van der Waals surface area contributed by atoms with Crippen molar-refractivity contribution in [3.05, 3.63) is 74.2 Å². The Kier molecular flexibility index (Phi) is 6.78. The second-order valence-corrected chi connectivity index (χ2v) is 11.9. The first-order valence-corrected chi connectivity index (χ1v) is 14.6. The number of halogens is 1. The number of aromatic nitrogens is 5. The maximum atomic E-state index is 14.2. The molecule has 11 heteroatoms. The normalized spacial score (nSPS) is 20.5. The number of pyridine rings is 2. The number of amides is 1. The summed E-state index contributed by atoms with van der Waals surface area (Å²) < 4.78 is 18.9. The lowest BCUT2D eigenvalue weighted by atomic mass is 9.90.